The maximum Gasteiger partial charge on any atom is 0.248 e. The minimum Gasteiger partial charge on any atom is -0.439 e. The van der Waals surface area contributed by atoms with Crippen LogP contribution in [0.25, 0.3) is 0 Å². The number of hydrogen-bond donors (Lipinski definition) is 2. The van der Waals surface area contributed by atoms with E-state index in [0.717, 1.165) is 6.54 Å². The SMILES string of the molecule is CCNc1nccc(Oc2ccc(C(N)=O)cc2)n1. The fourth-order valence-electron chi connectivity index (χ4n) is 1.45. The van der Waals surface area contributed by atoms with E-state index in [4.69, 9.17) is 10.5 Å². The molecule has 1 aromatic carbocycles. The second kappa shape index (κ2) is 5.81. The zero-order valence-electron chi connectivity index (χ0n) is 10.5. The number of nitrogens with one attached hydrogen (secondary N) is 1. The van der Waals surface area contributed by atoms with Gasteiger partial charge in [-0.3, -0.25) is 4.79 Å². The number of primary amides is 1. The number of rotatable bonds is 5. The molecule has 1 heterocycles. The highest BCUT2D eigenvalue weighted by atomic mass is 16.5. The number of carbonyl (C=O) groups is 1. The Bertz CT molecular complexity index is 569. The van der Waals surface area contributed by atoms with E-state index in [9.17, 15) is 4.79 Å². The van der Waals surface area contributed by atoms with Gasteiger partial charge in [-0.15, -0.1) is 0 Å². The van der Waals surface area contributed by atoms with Crippen molar-refractivity contribution in [2.24, 2.45) is 5.73 Å². The summed E-state index contributed by atoms with van der Waals surface area (Å²) in [5.41, 5.74) is 5.59. The molecule has 0 spiro atoms. The average Bonchev–Trinajstić information content (AvgIpc) is 2.40. The lowest BCUT2D eigenvalue weighted by atomic mass is 10.2. The molecule has 19 heavy (non-hydrogen) atoms. The van der Waals surface area contributed by atoms with Crippen LogP contribution in [-0.4, -0.2) is 22.4 Å². The molecule has 2 rings (SSSR count). The van der Waals surface area contributed by atoms with Gasteiger partial charge in [0.1, 0.15) is 5.75 Å². The highest BCUT2D eigenvalue weighted by Crippen LogP contribution is 2.20. The first kappa shape index (κ1) is 12.8. The van der Waals surface area contributed by atoms with Crippen LogP contribution in [0.2, 0.25) is 0 Å². The van der Waals surface area contributed by atoms with E-state index >= 15 is 0 Å². The standard InChI is InChI=1S/C13H14N4O2/c1-2-15-13-16-8-7-11(17-13)19-10-5-3-9(4-6-10)12(14)18/h3-8H,2H2,1H3,(H2,14,18)(H,15,16,17). The zero-order chi connectivity index (χ0) is 13.7. The van der Waals surface area contributed by atoms with Crippen LogP contribution >= 0.6 is 0 Å². The fourth-order valence-corrected chi connectivity index (χ4v) is 1.45. The maximum absolute atomic E-state index is 10.9. The molecular weight excluding hydrogens is 244 g/mol. The lowest BCUT2D eigenvalue weighted by Gasteiger charge is -2.06. The fraction of sp³-hybridized carbons (Fsp3) is 0.154. The highest BCUT2D eigenvalue weighted by Gasteiger charge is 2.03. The molecule has 6 heteroatoms. The van der Waals surface area contributed by atoms with Crippen molar-refractivity contribution in [1.82, 2.24) is 9.97 Å². The van der Waals surface area contributed by atoms with E-state index < -0.39 is 5.91 Å². The van der Waals surface area contributed by atoms with Crippen LogP contribution in [0.5, 0.6) is 11.6 Å². The summed E-state index contributed by atoms with van der Waals surface area (Å²) >= 11 is 0. The van der Waals surface area contributed by atoms with Gasteiger partial charge >= 0.3 is 0 Å². The third-order valence-electron chi connectivity index (χ3n) is 2.33. The van der Waals surface area contributed by atoms with Crippen molar-refractivity contribution in [3.63, 3.8) is 0 Å². The Balaban J connectivity index is 2.12. The quantitative estimate of drug-likeness (QED) is 0.853. The Morgan fingerprint density at radius 3 is 2.68 bits per heavy atom. The van der Waals surface area contributed by atoms with Gasteiger partial charge in [0, 0.05) is 24.4 Å². The third-order valence-corrected chi connectivity index (χ3v) is 2.33. The Hall–Kier alpha value is -2.63. The molecule has 0 aliphatic heterocycles. The molecule has 0 fully saturated rings. The van der Waals surface area contributed by atoms with E-state index in [0.29, 0.717) is 23.1 Å². The first-order valence-electron chi connectivity index (χ1n) is 5.83. The third kappa shape index (κ3) is 3.41. The second-order valence-corrected chi connectivity index (χ2v) is 3.74. The summed E-state index contributed by atoms with van der Waals surface area (Å²) in [5, 5.41) is 2.99. The number of nitrogens with two attached hydrogens (primary N) is 1. The predicted octanol–water partition coefficient (Wildman–Crippen LogP) is 1.80. The van der Waals surface area contributed by atoms with Gasteiger partial charge in [-0.25, -0.2) is 4.98 Å². The molecule has 0 radical (unpaired) electrons. The second-order valence-electron chi connectivity index (χ2n) is 3.74. The first-order valence-corrected chi connectivity index (χ1v) is 5.83. The lowest BCUT2D eigenvalue weighted by molar-refractivity contribution is 0.100. The van der Waals surface area contributed by atoms with E-state index in [2.05, 4.69) is 15.3 Å². The number of carbonyl (C=O) groups excluding carboxylic acids is 1. The number of amides is 1. The summed E-state index contributed by atoms with van der Waals surface area (Å²) < 4.78 is 5.56. The van der Waals surface area contributed by atoms with Crippen molar-refractivity contribution < 1.29 is 9.53 Å². The molecule has 3 N–H and O–H groups in total. The van der Waals surface area contributed by atoms with Gasteiger partial charge in [-0.2, -0.15) is 4.98 Å². The molecular formula is C13H14N4O2. The van der Waals surface area contributed by atoms with Crippen molar-refractivity contribution in [3.05, 3.63) is 42.1 Å². The van der Waals surface area contributed by atoms with E-state index in [1.807, 2.05) is 6.92 Å². The van der Waals surface area contributed by atoms with Crippen molar-refractivity contribution in [3.8, 4) is 11.6 Å². The van der Waals surface area contributed by atoms with Crippen LogP contribution in [0.1, 0.15) is 17.3 Å². The number of nitrogens with zero attached hydrogens (tertiary/aromatic N) is 2. The van der Waals surface area contributed by atoms with Gasteiger partial charge in [-0.1, -0.05) is 0 Å². The number of anilines is 1. The molecule has 0 saturated carbocycles. The van der Waals surface area contributed by atoms with Crippen molar-refractivity contribution in [1.29, 1.82) is 0 Å². The van der Waals surface area contributed by atoms with Gasteiger partial charge in [0.2, 0.25) is 17.7 Å². The summed E-state index contributed by atoms with van der Waals surface area (Å²) in [6, 6.07) is 8.18. The number of hydrogen-bond acceptors (Lipinski definition) is 5. The molecule has 6 nitrogen and oxygen atoms in total. The molecule has 0 unspecified atom stereocenters. The minimum atomic E-state index is -0.469. The molecule has 98 valence electrons. The first-order chi connectivity index (χ1) is 9.19. The van der Waals surface area contributed by atoms with E-state index in [1.54, 1.807) is 36.5 Å². The van der Waals surface area contributed by atoms with Crippen LogP contribution in [0.4, 0.5) is 5.95 Å². The minimum absolute atomic E-state index is 0.428. The largest absolute Gasteiger partial charge is 0.439 e. The van der Waals surface area contributed by atoms with E-state index in [1.165, 1.54) is 0 Å². The molecule has 1 aromatic heterocycles. The Morgan fingerprint density at radius 1 is 1.32 bits per heavy atom. The Morgan fingerprint density at radius 2 is 2.05 bits per heavy atom. The van der Waals surface area contributed by atoms with Gasteiger partial charge < -0.3 is 15.8 Å². The number of benzene rings is 1. The summed E-state index contributed by atoms with van der Waals surface area (Å²) in [5.74, 6) is 1.04. The van der Waals surface area contributed by atoms with Gasteiger partial charge in [0.25, 0.3) is 0 Å². The van der Waals surface area contributed by atoms with Gasteiger partial charge in [-0.05, 0) is 31.2 Å². The molecule has 2 aromatic rings. The number of ether oxygens (including phenoxy) is 1. The maximum atomic E-state index is 10.9. The van der Waals surface area contributed by atoms with Crippen LogP contribution in [0, 0.1) is 0 Å². The average molecular weight is 258 g/mol. The molecule has 0 saturated heterocycles. The lowest BCUT2D eigenvalue weighted by Crippen LogP contribution is -2.10. The Kier molecular flexibility index (Phi) is 3.92. The van der Waals surface area contributed by atoms with Gasteiger partial charge in [0.15, 0.2) is 0 Å². The number of aromatic nitrogens is 2. The molecule has 0 atom stereocenters. The molecule has 1 amide bonds. The van der Waals surface area contributed by atoms with E-state index in [-0.39, 0.29) is 0 Å². The topological polar surface area (TPSA) is 90.1 Å². The highest BCUT2D eigenvalue weighted by molar-refractivity contribution is 5.92. The van der Waals surface area contributed by atoms with Crippen LogP contribution in [0.3, 0.4) is 0 Å². The van der Waals surface area contributed by atoms with Crippen molar-refractivity contribution in [2.45, 2.75) is 6.92 Å². The Labute approximate surface area is 110 Å². The van der Waals surface area contributed by atoms with Crippen molar-refractivity contribution in [2.75, 3.05) is 11.9 Å². The summed E-state index contributed by atoms with van der Waals surface area (Å²) in [6.07, 6.45) is 1.61. The smallest absolute Gasteiger partial charge is 0.248 e. The summed E-state index contributed by atoms with van der Waals surface area (Å²) in [6.45, 7) is 2.69. The van der Waals surface area contributed by atoms with Crippen LogP contribution in [0.15, 0.2) is 36.5 Å². The monoisotopic (exact) mass is 258 g/mol. The summed E-state index contributed by atoms with van der Waals surface area (Å²) in [4.78, 5) is 19.2. The van der Waals surface area contributed by atoms with Crippen LogP contribution < -0.4 is 15.8 Å². The predicted molar refractivity (Wildman–Crippen MR) is 71.2 cm³/mol. The normalized spacial score (nSPS) is 9.95. The molecule has 0 aliphatic rings. The van der Waals surface area contributed by atoms with Crippen LogP contribution in [-0.2, 0) is 0 Å². The van der Waals surface area contributed by atoms with Gasteiger partial charge in [0.05, 0.1) is 0 Å². The molecule has 0 aliphatic carbocycles. The zero-order valence-corrected chi connectivity index (χ0v) is 10.5. The molecule has 0 bridgehead atoms. The summed E-state index contributed by atoms with van der Waals surface area (Å²) in [7, 11) is 0. The van der Waals surface area contributed by atoms with Crippen molar-refractivity contribution >= 4 is 11.9 Å².